The summed E-state index contributed by atoms with van der Waals surface area (Å²) < 4.78 is 6.92. The minimum absolute atomic E-state index is 0.303. The van der Waals surface area contributed by atoms with Crippen LogP contribution in [0.1, 0.15) is 27.3 Å². The van der Waals surface area contributed by atoms with E-state index in [1.54, 1.807) is 17.7 Å². The highest BCUT2D eigenvalue weighted by molar-refractivity contribution is 5.95. The zero-order valence-corrected chi connectivity index (χ0v) is 13.8. The molecule has 1 amide bonds. The lowest BCUT2D eigenvalue weighted by atomic mass is 10.2. The van der Waals surface area contributed by atoms with E-state index in [-0.39, 0.29) is 5.91 Å². The molecule has 0 aliphatic heterocycles. The first-order valence-corrected chi connectivity index (χ1v) is 7.51. The number of benzene rings is 1. The molecule has 0 aliphatic carbocycles. The molecule has 0 spiro atoms. The lowest BCUT2D eigenvalue weighted by molar-refractivity contribution is 0.0948. The third kappa shape index (κ3) is 3.12. The largest absolute Gasteiger partial charge is 0.497 e. The van der Waals surface area contributed by atoms with Crippen molar-refractivity contribution < 1.29 is 9.53 Å². The van der Waals surface area contributed by atoms with Crippen molar-refractivity contribution in [3.05, 3.63) is 65.1 Å². The number of methoxy groups -OCH3 is 1. The maximum Gasteiger partial charge on any atom is 0.290 e. The molecule has 0 unspecified atom stereocenters. The summed E-state index contributed by atoms with van der Waals surface area (Å²) in [6, 6.07) is 11.3. The summed E-state index contributed by atoms with van der Waals surface area (Å²) >= 11 is 0. The van der Waals surface area contributed by atoms with E-state index in [0.717, 1.165) is 22.5 Å². The van der Waals surface area contributed by atoms with Gasteiger partial charge in [-0.15, -0.1) is 0 Å². The summed E-state index contributed by atoms with van der Waals surface area (Å²) in [6.45, 7) is 3.80. The van der Waals surface area contributed by atoms with E-state index >= 15 is 0 Å². The number of hydrazone groups is 1. The van der Waals surface area contributed by atoms with E-state index in [1.165, 1.54) is 0 Å². The van der Waals surface area contributed by atoms with Crippen LogP contribution in [0.5, 0.6) is 5.75 Å². The fourth-order valence-electron chi connectivity index (χ4n) is 2.48. The molecule has 0 radical (unpaired) electrons. The molecule has 1 aromatic carbocycles. The Morgan fingerprint density at radius 1 is 1.29 bits per heavy atom. The van der Waals surface area contributed by atoms with Gasteiger partial charge in [0.2, 0.25) is 0 Å². The number of rotatable bonds is 4. The number of hydrogen-bond acceptors (Lipinski definition) is 4. The third-order valence-electron chi connectivity index (χ3n) is 3.64. The number of amides is 1. The maximum atomic E-state index is 12.4. The number of imidazole rings is 1. The molecule has 0 atom stereocenters. The van der Waals surface area contributed by atoms with E-state index in [0.29, 0.717) is 11.4 Å². The first-order chi connectivity index (χ1) is 11.6. The van der Waals surface area contributed by atoms with E-state index in [9.17, 15) is 4.79 Å². The van der Waals surface area contributed by atoms with Crippen molar-refractivity contribution in [1.82, 2.24) is 14.8 Å². The van der Waals surface area contributed by atoms with Gasteiger partial charge in [0.15, 0.2) is 0 Å². The number of nitrogens with one attached hydrogen (secondary N) is 1. The summed E-state index contributed by atoms with van der Waals surface area (Å²) in [7, 11) is 1.60. The van der Waals surface area contributed by atoms with Crippen LogP contribution < -0.4 is 10.2 Å². The van der Waals surface area contributed by atoms with Gasteiger partial charge in [-0.1, -0.05) is 12.1 Å². The fraction of sp³-hybridized carbons (Fsp3) is 0.167. The molecule has 0 fully saturated rings. The Labute approximate surface area is 139 Å². The van der Waals surface area contributed by atoms with Gasteiger partial charge in [-0.05, 0) is 49.2 Å². The van der Waals surface area contributed by atoms with Crippen LogP contribution in [0, 0.1) is 13.8 Å². The SMILES string of the molecule is COc1cccc(C=NNC(=O)c2c(C)nc3cc(C)ccn23)c1. The lowest BCUT2D eigenvalue weighted by Crippen LogP contribution is -2.20. The number of aromatic nitrogens is 2. The Kier molecular flexibility index (Phi) is 4.29. The first kappa shape index (κ1) is 15.7. The van der Waals surface area contributed by atoms with Gasteiger partial charge in [0, 0.05) is 6.20 Å². The summed E-state index contributed by atoms with van der Waals surface area (Å²) in [5.41, 5.74) is 6.36. The van der Waals surface area contributed by atoms with Gasteiger partial charge in [0.05, 0.1) is 19.0 Å². The van der Waals surface area contributed by atoms with Crippen molar-refractivity contribution in [1.29, 1.82) is 0 Å². The van der Waals surface area contributed by atoms with E-state index in [2.05, 4.69) is 15.5 Å². The van der Waals surface area contributed by atoms with Crippen LogP contribution in [0.4, 0.5) is 0 Å². The molecule has 6 heteroatoms. The van der Waals surface area contributed by atoms with Crippen LogP contribution in [0.15, 0.2) is 47.7 Å². The highest BCUT2D eigenvalue weighted by atomic mass is 16.5. The van der Waals surface area contributed by atoms with Crippen LogP contribution in [0.2, 0.25) is 0 Å². The number of carbonyl (C=O) groups excluding carboxylic acids is 1. The normalized spacial score (nSPS) is 11.1. The van der Waals surface area contributed by atoms with Gasteiger partial charge in [0.1, 0.15) is 17.1 Å². The van der Waals surface area contributed by atoms with Crippen molar-refractivity contribution in [2.45, 2.75) is 13.8 Å². The molecule has 0 saturated heterocycles. The summed E-state index contributed by atoms with van der Waals surface area (Å²) in [4.78, 5) is 16.8. The van der Waals surface area contributed by atoms with Gasteiger partial charge < -0.3 is 4.74 Å². The van der Waals surface area contributed by atoms with Crippen LogP contribution in [-0.2, 0) is 0 Å². The monoisotopic (exact) mass is 322 g/mol. The highest BCUT2D eigenvalue weighted by Crippen LogP contribution is 2.14. The van der Waals surface area contributed by atoms with Gasteiger partial charge >= 0.3 is 0 Å². The molecule has 1 N–H and O–H groups in total. The summed E-state index contributed by atoms with van der Waals surface area (Å²) in [5.74, 6) is 0.432. The average molecular weight is 322 g/mol. The number of fused-ring (bicyclic) bond motifs is 1. The van der Waals surface area contributed by atoms with Crippen molar-refractivity contribution in [3.63, 3.8) is 0 Å². The molecule has 0 aliphatic rings. The topological polar surface area (TPSA) is 68.0 Å². The Bertz CT molecular complexity index is 928. The maximum absolute atomic E-state index is 12.4. The van der Waals surface area contributed by atoms with E-state index < -0.39 is 0 Å². The number of ether oxygens (including phenoxy) is 1. The van der Waals surface area contributed by atoms with Gasteiger partial charge in [-0.25, -0.2) is 10.4 Å². The smallest absolute Gasteiger partial charge is 0.290 e. The molecule has 3 aromatic rings. The number of hydrogen-bond donors (Lipinski definition) is 1. The van der Waals surface area contributed by atoms with E-state index in [1.807, 2.05) is 56.4 Å². The number of aryl methyl sites for hydroxylation is 2. The Balaban J connectivity index is 1.80. The lowest BCUT2D eigenvalue weighted by Gasteiger charge is -2.02. The van der Waals surface area contributed by atoms with Crippen LogP contribution in [0.25, 0.3) is 5.65 Å². The molecule has 122 valence electrons. The van der Waals surface area contributed by atoms with Crippen molar-refractivity contribution >= 4 is 17.8 Å². The third-order valence-corrected chi connectivity index (χ3v) is 3.64. The summed E-state index contributed by atoms with van der Waals surface area (Å²) in [5, 5.41) is 4.02. The molecule has 24 heavy (non-hydrogen) atoms. The second-order valence-electron chi connectivity index (χ2n) is 5.45. The molecule has 6 nitrogen and oxygen atoms in total. The molecule has 0 bridgehead atoms. The number of pyridine rings is 1. The van der Waals surface area contributed by atoms with Gasteiger partial charge in [-0.3, -0.25) is 9.20 Å². The van der Waals surface area contributed by atoms with Crippen molar-refractivity contribution in [3.8, 4) is 5.75 Å². The molecule has 0 saturated carbocycles. The second kappa shape index (κ2) is 6.54. The molecular formula is C18H18N4O2. The first-order valence-electron chi connectivity index (χ1n) is 7.51. The van der Waals surface area contributed by atoms with Gasteiger partial charge in [0.25, 0.3) is 5.91 Å². The predicted octanol–water partition coefficient (Wildman–Crippen LogP) is 2.72. The number of nitrogens with zero attached hydrogens (tertiary/aromatic N) is 3. The van der Waals surface area contributed by atoms with E-state index in [4.69, 9.17) is 4.74 Å². The zero-order chi connectivity index (χ0) is 17.1. The highest BCUT2D eigenvalue weighted by Gasteiger charge is 2.15. The minimum Gasteiger partial charge on any atom is -0.497 e. The Hall–Kier alpha value is -3.15. The van der Waals surface area contributed by atoms with Crippen LogP contribution in [-0.4, -0.2) is 28.6 Å². The van der Waals surface area contributed by atoms with Crippen molar-refractivity contribution in [2.24, 2.45) is 5.10 Å². The molecule has 2 aromatic heterocycles. The average Bonchev–Trinajstić information content (AvgIpc) is 2.89. The molecular weight excluding hydrogens is 304 g/mol. The standard InChI is InChI=1S/C18H18N4O2/c1-12-7-8-22-16(9-12)20-13(2)17(22)18(23)21-19-11-14-5-4-6-15(10-14)24-3/h4-11H,1-3H3,(H,21,23). The summed E-state index contributed by atoms with van der Waals surface area (Å²) in [6.07, 6.45) is 3.41. The van der Waals surface area contributed by atoms with Crippen molar-refractivity contribution in [2.75, 3.05) is 7.11 Å². The molecule has 3 rings (SSSR count). The Morgan fingerprint density at radius 3 is 2.92 bits per heavy atom. The number of carbonyl (C=O) groups is 1. The fourth-order valence-corrected chi connectivity index (χ4v) is 2.48. The van der Waals surface area contributed by atoms with Crippen LogP contribution in [0.3, 0.4) is 0 Å². The zero-order valence-electron chi connectivity index (χ0n) is 13.8. The predicted molar refractivity (Wildman–Crippen MR) is 92.7 cm³/mol. The minimum atomic E-state index is -0.303. The second-order valence-corrected chi connectivity index (χ2v) is 5.45. The molecule has 2 heterocycles. The quantitative estimate of drug-likeness (QED) is 0.593. The Morgan fingerprint density at radius 2 is 2.12 bits per heavy atom. The van der Waals surface area contributed by atoms with Gasteiger partial charge in [-0.2, -0.15) is 5.10 Å². The van der Waals surface area contributed by atoms with Crippen LogP contribution >= 0.6 is 0 Å².